The second kappa shape index (κ2) is 5.62. The van der Waals surface area contributed by atoms with Gasteiger partial charge in [0.25, 0.3) is 5.91 Å². The highest BCUT2D eigenvalue weighted by atomic mass is 32.1. The minimum Gasteiger partial charge on any atom is -0.346 e. The summed E-state index contributed by atoms with van der Waals surface area (Å²) in [4.78, 5) is 15.7. The van der Waals surface area contributed by atoms with Gasteiger partial charge in [-0.15, -0.1) is 5.10 Å². The first kappa shape index (κ1) is 12.5. The van der Waals surface area contributed by atoms with Crippen LogP contribution in [0.3, 0.4) is 0 Å². The fraction of sp³-hybridized carbons (Fsp3) is 0.0769. The predicted molar refractivity (Wildman–Crippen MR) is 74.6 cm³/mol. The summed E-state index contributed by atoms with van der Waals surface area (Å²) in [5, 5.41) is 14.5. The zero-order chi connectivity index (χ0) is 13.8. The van der Waals surface area contributed by atoms with Crippen molar-refractivity contribution in [1.29, 1.82) is 0 Å². The summed E-state index contributed by atoms with van der Waals surface area (Å²) in [6.07, 6.45) is 5.16. The van der Waals surface area contributed by atoms with E-state index in [1.165, 1.54) is 11.3 Å². The Balaban J connectivity index is 1.65. The first-order valence-electron chi connectivity index (χ1n) is 5.95. The largest absolute Gasteiger partial charge is 0.346 e. The lowest BCUT2D eigenvalue weighted by atomic mass is 10.3. The maximum atomic E-state index is 11.8. The molecule has 3 aromatic heterocycles. The summed E-state index contributed by atoms with van der Waals surface area (Å²) in [5.74, 6) is -0.107. The lowest BCUT2D eigenvalue weighted by Crippen LogP contribution is -2.22. The number of aromatic nitrogens is 4. The molecule has 0 unspecified atom stereocenters. The molecule has 0 aliphatic heterocycles. The number of hydrogen-bond acceptors (Lipinski definition) is 5. The van der Waals surface area contributed by atoms with Gasteiger partial charge in [0.05, 0.1) is 18.4 Å². The van der Waals surface area contributed by atoms with Crippen molar-refractivity contribution in [3.8, 4) is 5.69 Å². The van der Waals surface area contributed by atoms with Crippen molar-refractivity contribution in [2.24, 2.45) is 0 Å². The van der Waals surface area contributed by atoms with Crippen molar-refractivity contribution in [3.63, 3.8) is 0 Å². The van der Waals surface area contributed by atoms with Crippen LogP contribution in [0.15, 0.2) is 47.5 Å². The molecule has 0 bridgehead atoms. The Hall–Kier alpha value is -2.54. The molecule has 0 saturated heterocycles. The first-order valence-corrected chi connectivity index (χ1v) is 6.89. The Morgan fingerprint density at radius 1 is 1.30 bits per heavy atom. The summed E-state index contributed by atoms with van der Waals surface area (Å²) in [7, 11) is 0. The van der Waals surface area contributed by atoms with Crippen molar-refractivity contribution in [3.05, 3.63) is 58.8 Å². The van der Waals surface area contributed by atoms with Crippen LogP contribution in [0.25, 0.3) is 5.69 Å². The van der Waals surface area contributed by atoms with Gasteiger partial charge in [-0.2, -0.15) is 11.3 Å². The lowest BCUT2D eigenvalue weighted by molar-refractivity contribution is 0.0951. The molecule has 0 aliphatic rings. The van der Waals surface area contributed by atoms with Gasteiger partial charge in [-0.1, -0.05) is 5.21 Å². The zero-order valence-corrected chi connectivity index (χ0v) is 11.2. The molecule has 0 radical (unpaired) electrons. The summed E-state index contributed by atoms with van der Waals surface area (Å²) < 4.78 is 1.65. The zero-order valence-electron chi connectivity index (χ0n) is 10.4. The third-order valence-electron chi connectivity index (χ3n) is 2.68. The highest BCUT2D eigenvalue weighted by Gasteiger charge is 2.07. The van der Waals surface area contributed by atoms with Crippen LogP contribution in [-0.2, 0) is 6.54 Å². The molecule has 1 N–H and O–H groups in total. The Morgan fingerprint density at radius 3 is 2.90 bits per heavy atom. The quantitative estimate of drug-likeness (QED) is 0.791. The number of hydrogen-bond donors (Lipinski definition) is 1. The minimum absolute atomic E-state index is 0.107. The fourth-order valence-electron chi connectivity index (χ4n) is 1.67. The highest BCUT2D eigenvalue weighted by Crippen LogP contribution is 2.07. The van der Waals surface area contributed by atoms with Crippen molar-refractivity contribution < 1.29 is 4.79 Å². The summed E-state index contributed by atoms with van der Waals surface area (Å²) in [6.45, 7) is 0.347. The summed E-state index contributed by atoms with van der Waals surface area (Å²) >= 11 is 1.49. The number of nitrogens with one attached hydrogen (secondary N) is 1. The monoisotopic (exact) mass is 285 g/mol. The standard InChI is InChI=1S/C13H11N5OS/c19-13(10-3-6-20-9-10)15-7-11-8-18(17-16-11)12-1-4-14-5-2-12/h1-6,8-9H,7H2,(H,15,19). The second-order valence-electron chi connectivity index (χ2n) is 4.05. The van der Waals surface area contributed by atoms with Gasteiger partial charge >= 0.3 is 0 Å². The Morgan fingerprint density at radius 2 is 2.15 bits per heavy atom. The van der Waals surface area contributed by atoms with Gasteiger partial charge in [0, 0.05) is 23.3 Å². The number of rotatable bonds is 4. The van der Waals surface area contributed by atoms with Crippen LogP contribution >= 0.6 is 11.3 Å². The van der Waals surface area contributed by atoms with E-state index >= 15 is 0 Å². The molecule has 100 valence electrons. The topological polar surface area (TPSA) is 72.7 Å². The fourth-order valence-corrected chi connectivity index (χ4v) is 2.30. The number of thiophene rings is 1. The molecule has 0 aliphatic carbocycles. The molecule has 1 amide bonds. The van der Waals surface area contributed by atoms with Crippen LogP contribution in [0.4, 0.5) is 0 Å². The normalized spacial score (nSPS) is 10.4. The predicted octanol–water partition coefficient (Wildman–Crippen LogP) is 1.65. The molecule has 6 nitrogen and oxygen atoms in total. The summed E-state index contributed by atoms with van der Waals surface area (Å²) in [6, 6.07) is 5.46. The molecule has 0 saturated carbocycles. The molecule has 0 atom stereocenters. The van der Waals surface area contributed by atoms with Gasteiger partial charge in [-0.05, 0) is 23.6 Å². The second-order valence-corrected chi connectivity index (χ2v) is 4.83. The maximum Gasteiger partial charge on any atom is 0.252 e. The smallest absolute Gasteiger partial charge is 0.252 e. The Kier molecular flexibility index (Phi) is 3.51. The van der Waals surface area contributed by atoms with Crippen LogP contribution in [0.1, 0.15) is 16.1 Å². The molecular formula is C13H11N5OS. The van der Waals surface area contributed by atoms with Crippen LogP contribution < -0.4 is 5.32 Å². The van der Waals surface area contributed by atoms with E-state index in [2.05, 4.69) is 20.6 Å². The molecule has 0 fully saturated rings. The molecule has 0 spiro atoms. The van der Waals surface area contributed by atoms with Gasteiger partial charge in [-0.25, -0.2) is 4.68 Å². The molecule has 3 heterocycles. The number of carbonyl (C=O) groups is 1. The van der Waals surface area contributed by atoms with Crippen molar-refractivity contribution in [2.75, 3.05) is 0 Å². The van der Waals surface area contributed by atoms with Crippen LogP contribution in [0.2, 0.25) is 0 Å². The van der Waals surface area contributed by atoms with Gasteiger partial charge in [0.1, 0.15) is 5.69 Å². The van der Waals surface area contributed by atoms with Gasteiger partial charge in [0.15, 0.2) is 0 Å². The van der Waals surface area contributed by atoms with Gasteiger partial charge in [-0.3, -0.25) is 9.78 Å². The van der Waals surface area contributed by atoms with E-state index in [4.69, 9.17) is 0 Å². The van der Waals surface area contributed by atoms with Crippen molar-refractivity contribution in [1.82, 2.24) is 25.3 Å². The van der Waals surface area contributed by atoms with E-state index in [9.17, 15) is 4.79 Å². The minimum atomic E-state index is -0.107. The van der Waals surface area contributed by atoms with Crippen LogP contribution in [0.5, 0.6) is 0 Å². The third-order valence-corrected chi connectivity index (χ3v) is 3.36. The summed E-state index contributed by atoms with van der Waals surface area (Å²) in [5.41, 5.74) is 2.24. The molecule has 3 rings (SSSR count). The van der Waals surface area contributed by atoms with Crippen molar-refractivity contribution >= 4 is 17.2 Å². The van der Waals surface area contributed by atoms with E-state index in [0.717, 1.165) is 5.69 Å². The first-order chi connectivity index (χ1) is 9.83. The third kappa shape index (κ3) is 2.72. The lowest BCUT2D eigenvalue weighted by Gasteiger charge is -2.00. The molecular weight excluding hydrogens is 274 g/mol. The molecule has 3 aromatic rings. The van der Waals surface area contributed by atoms with E-state index in [1.54, 1.807) is 29.3 Å². The Bertz CT molecular complexity index is 693. The average molecular weight is 285 g/mol. The molecule has 0 aromatic carbocycles. The van der Waals surface area contributed by atoms with Crippen LogP contribution in [-0.4, -0.2) is 25.9 Å². The van der Waals surface area contributed by atoms with E-state index < -0.39 is 0 Å². The molecule has 20 heavy (non-hydrogen) atoms. The number of carbonyl (C=O) groups excluding carboxylic acids is 1. The Labute approximate surface area is 119 Å². The average Bonchev–Trinajstić information content (AvgIpc) is 3.17. The van der Waals surface area contributed by atoms with Gasteiger partial charge < -0.3 is 5.32 Å². The van der Waals surface area contributed by atoms with Gasteiger partial charge in [0.2, 0.25) is 0 Å². The number of nitrogens with zero attached hydrogens (tertiary/aromatic N) is 4. The van der Waals surface area contributed by atoms with E-state index in [1.807, 2.05) is 22.9 Å². The van der Waals surface area contributed by atoms with Crippen molar-refractivity contribution in [2.45, 2.75) is 6.54 Å². The molecule has 7 heteroatoms. The van der Waals surface area contributed by atoms with E-state index in [0.29, 0.717) is 17.8 Å². The number of pyridine rings is 1. The van der Waals surface area contributed by atoms with Crippen LogP contribution in [0, 0.1) is 0 Å². The highest BCUT2D eigenvalue weighted by molar-refractivity contribution is 7.08. The van der Waals surface area contributed by atoms with E-state index in [-0.39, 0.29) is 5.91 Å². The maximum absolute atomic E-state index is 11.8. The number of amides is 1. The SMILES string of the molecule is O=C(NCc1cn(-c2ccncc2)nn1)c1ccsc1.